The first-order valence-electron chi connectivity index (χ1n) is 4.77. The molecular formula is C12H8BrFO2S. The summed E-state index contributed by atoms with van der Waals surface area (Å²) in [5.74, 6) is -0.595. The van der Waals surface area contributed by atoms with Gasteiger partial charge in [-0.2, -0.15) is 0 Å². The fraction of sp³-hybridized carbons (Fsp3) is 0. The number of hydrogen-bond donors (Lipinski definition) is 0. The highest BCUT2D eigenvalue weighted by molar-refractivity contribution is 9.10. The van der Waals surface area contributed by atoms with Gasteiger partial charge < -0.3 is 0 Å². The molecule has 2 rings (SSSR count). The number of hydrogen-bond acceptors (Lipinski definition) is 2. The minimum Gasteiger partial charge on any atom is -0.218 e. The maximum atomic E-state index is 13.3. The highest BCUT2D eigenvalue weighted by Gasteiger charge is 2.21. The summed E-state index contributed by atoms with van der Waals surface area (Å²) in [6.45, 7) is 0. The van der Waals surface area contributed by atoms with Crippen molar-refractivity contribution in [3.63, 3.8) is 0 Å². The first-order chi connectivity index (χ1) is 8.03. The van der Waals surface area contributed by atoms with E-state index >= 15 is 0 Å². The first kappa shape index (κ1) is 12.3. The molecule has 0 unspecified atom stereocenters. The van der Waals surface area contributed by atoms with E-state index in [2.05, 4.69) is 15.9 Å². The van der Waals surface area contributed by atoms with Crippen LogP contribution in [0, 0.1) is 5.82 Å². The maximum Gasteiger partial charge on any atom is 0.207 e. The van der Waals surface area contributed by atoms with Gasteiger partial charge in [-0.3, -0.25) is 0 Å². The molecule has 2 aromatic carbocycles. The number of rotatable bonds is 2. The predicted molar refractivity (Wildman–Crippen MR) is 66.0 cm³/mol. The van der Waals surface area contributed by atoms with Gasteiger partial charge in [-0.1, -0.05) is 24.3 Å². The Morgan fingerprint density at radius 2 is 1.59 bits per heavy atom. The summed E-state index contributed by atoms with van der Waals surface area (Å²) in [5, 5.41) is 0. The molecule has 0 aliphatic carbocycles. The van der Waals surface area contributed by atoms with Crippen LogP contribution in [0.15, 0.2) is 62.8 Å². The van der Waals surface area contributed by atoms with Gasteiger partial charge in [-0.15, -0.1) is 0 Å². The highest BCUT2D eigenvalue weighted by atomic mass is 79.9. The average Bonchev–Trinajstić information content (AvgIpc) is 2.33. The summed E-state index contributed by atoms with van der Waals surface area (Å²) in [5.41, 5.74) is 0. The molecule has 2 nitrogen and oxygen atoms in total. The Morgan fingerprint density at radius 3 is 2.24 bits per heavy atom. The fourth-order valence-electron chi connectivity index (χ4n) is 1.42. The van der Waals surface area contributed by atoms with Gasteiger partial charge >= 0.3 is 0 Å². The van der Waals surface area contributed by atoms with Crippen molar-refractivity contribution in [3.8, 4) is 0 Å². The minimum absolute atomic E-state index is 0.0381. The van der Waals surface area contributed by atoms with E-state index in [0.717, 1.165) is 0 Å². The third kappa shape index (κ3) is 2.25. The van der Waals surface area contributed by atoms with Crippen LogP contribution in [-0.2, 0) is 9.84 Å². The molecule has 0 N–H and O–H groups in total. The first-order valence-corrected chi connectivity index (χ1v) is 7.05. The van der Waals surface area contributed by atoms with Gasteiger partial charge in [0.05, 0.1) is 14.3 Å². The van der Waals surface area contributed by atoms with Crippen LogP contribution < -0.4 is 0 Å². The van der Waals surface area contributed by atoms with Crippen LogP contribution in [-0.4, -0.2) is 8.42 Å². The Kier molecular flexibility index (Phi) is 3.31. The van der Waals surface area contributed by atoms with Gasteiger partial charge in [0.25, 0.3) is 0 Å². The number of benzene rings is 2. The molecule has 0 spiro atoms. The molecule has 0 fully saturated rings. The van der Waals surface area contributed by atoms with E-state index in [0.29, 0.717) is 0 Å². The molecule has 0 heterocycles. The molecule has 0 radical (unpaired) electrons. The Morgan fingerprint density at radius 1 is 0.941 bits per heavy atom. The molecule has 2 aromatic rings. The molecule has 0 aromatic heterocycles. The lowest BCUT2D eigenvalue weighted by atomic mass is 10.3. The van der Waals surface area contributed by atoms with E-state index in [-0.39, 0.29) is 14.3 Å². The molecule has 0 amide bonds. The standard InChI is InChI=1S/C12H8BrFO2S/c13-12-10(14)7-4-8-11(12)17(15,16)9-5-2-1-3-6-9/h1-8H. The van der Waals surface area contributed by atoms with E-state index in [1.807, 2.05) is 0 Å². The van der Waals surface area contributed by atoms with Crippen LogP contribution in [0.25, 0.3) is 0 Å². The zero-order valence-corrected chi connectivity index (χ0v) is 11.0. The molecule has 17 heavy (non-hydrogen) atoms. The molecule has 0 saturated carbocycles. The smallest absolute Gasteiger partial charge is 0.207 e. The van der Waals surface area contributed by atoms with Gasteiger partial charge in [0.2, 0.25) is 9.84 Å². The van der Waals surface area contributed by atoms with Crippen LogP contribution in [0.3, 0.4) is 0 Å². The van der Waals surface area contributed by atoms with Gasteiger partial charge in [0, 0.05) is 0 Å². The van der Waals surface area contributed by atoms with Gasteiger partial charge in [-0.25, -0.2) is 12.8 Å². The summed E-state index contributed by atoms with van der Waals surface area (Å²) in [6.07, 6.45) is 0. The number of sulfone groups is 1. The molecule has 0 aliphatic heterocycles. The van der Waals surface area contributed by atoms with E-state index in [9.17, 15) is 12.8 Å². The van der Waals surface area contributed by atoms with Crippen LogP contribution in [0.4, 0.5) is 4.39 Å². The zero-order chi connectivity index (χ0) is 12.5. The van der Waals surface area contributed by atoms with Crippen LogP contribution in [0.2, 0.25) is 0 Å². The van der Waals surface area contributed by atoms with Gasteiger partial charge in [0.1, 0.15) is 5.82 Å². The largest absolute Gasteiger partial charge is 0.218 e. The zero-order valence-electron chi connectivity index (χ0n) is 8.60. The molecule has 5 heteroatoms. The maximum absolute atomic E-state index is 13.3. The molecule has 0 atom stereocenters. The summed E-state index contributed by atoms with van der Waals surface area (Å²) in [4.78, 5) is 0.0787. The van der Waals surface area contributed by atoms with Crippen molar-refractivity contribution in [2.45, 2.75) is 9.79 Å². The quantitative estimate of drug-likeness (QED) is 0.851. The van der Waals surface area contributed by atoms with Crippen LogP contribution in [0.1, 0.15) is 0 Å². The lowest BCUT2D eigenvalue weighted by Crippen LogP contribution is -2.03. The Balaban J connectivity index is 2.65. The van der Waals surface area contributed by atoms with E-state index < -0.39 is 15.7 Å². The van der Waals surface area contributed by atoms with E-state index in [4.69, 9.17) is 0 Å². The SMILES string of the molecule is O=S(=O)(c1ccccc1)c1cccc(F)c1Br. The summed E-state index contributed by atoms with van der Waals surface area (Å²) in [7, 11) is -3.68. The van der Waals surface area contributed by atoms with Crippen LogP contribution in [0.5, 0.6) is 0 Å². The second-order valence-corrected chi connectivity index (χ2v) is 6.08. The van der Waals surface area contributed by atoms with Gasteiger partial charge in [-0.05, 0) is 40.2 Å². The molecule has 0 saturated heterocycles. The number of halogens is 2. The van der Waals surface area contributed by atoms with E-state index in [1.165, 1.54) is 30.3 Å². The molecule has 88 valence electrons. The highest BCUT2D eigenvalue weighted by Crippen LogP contribution is 2.29. The van der Waals surface area contributed by atoms with Crippen molar-refractivity contribution in [3.05, 3.63) is 58.8 Å². The lowest BCUT2D eigenvalue weighted by Gasteiger charge is -2.06. The second-order valence-electron chi connectivity index (χ2n) is 3.37. The van der Waals surface area contributed by atoms with Crippen molar-refractivity contribution in [2.24, 2.45) is 0 Å². The lowest BCUT2D eigenvalue weighted by molar-refractivity contribution is 0.588. The molecule has 0 bridgehead atoms. The predicted octanol–water partition coefficient (Wildman–Crippen LogP) is 3.42. The monoisotopic (exact) mass is 314 g/mol. The van der Waals surface area contributed by atoms with Crippen molar-refractivity contribution in [2.75, 3.05) is 0 Å². The van der Waals surface area contributed by atoms with Crippen molar-refractivity contribution in [1.29, 1.82) is 0 Å². The average molecular weight is 315 g/mol. The molecular weight excluding hydrogens is 307 g/mol. The molecule has 0 aliphatic rings. The van der Waals surface area contributed by atoms with Gasteiger partial charge in [0.15, 0.2) is 0 Å². The van der Waals surface area contributed by atoms with E-state index in [1.54, 1.807) is 18.2 Å². The topological polar surface area (TPSA) is 34.1 Å². The van der Waals surface area contributed by atoms with Crippen molar-refractivity contribution in [1.82, 2.24) is 0 Å². The normalized spacial score (nSPS) is 11.4. The Hall–Kier alpha value is -1.20. The Labute approximate surface area is 107 Å². The second kappa shape index (κ2) is 4.58. The Bertz CT molecular complexity index is 639. The minimum atomic E-state index is -3.68. The summed E-state index contributed by atoms with van der Waals surface area (Å²) >= 11 is 2.96. The fourth-order valence-corrected chi connectivity index (χ4v) is 3.68. The third-order valence-electron chi connectivity index (χ3n) is 2.26. The summed E-state index contributed by atoms with van der Waals surface area (Å²) < 4.78 is 37.7. The summed E-state index contributed by atoms with van der Waals surface area (Å²) in [6, 6.07) is 11.9. The third-order valence-corrected chi connectivity index (χ3v) is 5.14. The van der Waals surface area contributed by atoms with Crippen LogP contribution >= 0.6 is 15.9 Å². The van der Waals surface area contributed by atoms with Crippen molar-refractivity contribution >= 4 is 25.8 Å². The van der Waals surface area contributed by atoms with Crippen molar-refractivity contribution < 1.29 is 12.8 Å².